The van der Waals surface area contributed by atoms with E-state index in [4.69, 9.17) is 11.0 Å². The largest absolute Gasteiger partial charge is 0.326 e. The van der Waals surface area contributed by atoms with Crippen molar-refractivity contribution in [2.45, 2.75) is 11.9 Å². The maximum atomic E-state index is 8.76. The van der Waals surface area contributed by atoms with Crippen LogP contribution in [-0.2, 0) is 11.9 Å². The Morgan fingerprint density at radius 1 is 1.50 bits per heavy atom. The van der Waals surface area contributed by atoms with Crippen molar-refractivity contribution in [2.75, 3.05) is 0 Å². The molecule has 2 N–H and O–H groups in total. The third-order valence-corrected chi connectivity index (χ3v) is 2.28. The summed E-state index contributed by atoms with van der Waals surface area (Å²) in [5.74, 6) is 0. The van der Waals surface area contributed by atoms with Gasteiger partial charge in [-0.2, -0.15) is 5.26 Å². The van der Waals surface area contributed by atoms with E-state index in [2.05, 4.69) is 22.0 Å². The first kappa shape index (κ1) is 9.24. The lowest BCUT2D eigenvalue weighted by Crippen LogP contribution is -1.97. The van der Waals surface area contributed by atoms with E-state index in [1.807, 2.05) is 18.2 Å². The van der Waals surface area contributed by atoms with Gasteiger partial charge in [0.2, 0.25) is 0 Å². The van der Waals surface area contributed by atoms with Crippen molar-refractivity contribution >= 4 is 15.9 Å². The summed E-state index contributed by atoms with van der Waals surface area (Å²) in [6.07, 6.45) is 0. The van der Waals surface area contributed by atoms with Crippen LogP contribution in [0.5, 0.6) is 0 Å². The van der Waals surface area contributed by atoms with Crippen molar-refractivity contribution in [2.24, 2.45) is 5.73 Å². The second-order valence-corrected chi connectivity index (χ2v) is 3.00. The van der Waals surface area contributed by atoms with Crippen LogP contribution in [0, 0.1) is 11.3 Å². The van der Waals surface area contributed by atoms with Gasteiger partial charge in [0.1, 0.15) is 0 Å². The molecule has 0 bridgehead atoms. The molecule has 0 aliphatic rings. The van der Waals surface area contributed by atoms with E-state index in [1.54, 1.807) is 0 Å². The number of nitrogens with zero attached hydrogens (tertiary/aromatic N) is 1. The van der Waals surface area contributed by atoms with E-state index in [0.29, 0.717) is 17.4 Å². The molecule has 12 heavy (non-hydrogen) atoms. The predicted octanol–water partition coefficient (Wildman–Crippen LogP) is 1.91. The number of alkyl halides is 1. The number of nitriles is 1. The monoisotopic (exact) mass is 224 g/mol. The summed E-state index contributed by atoms with van der Waals surface area (Å²) in [5.41, 5.74) is 8.15. The second-order valence-electron chi connectivity index (χ2n) is 2.44. The summed E-state index contributed by atoms with van der Waals surface area (Å²) < 4.78 is 0. The molecule has 2 nitrogen and oxygen atoms in total. The normalized spacial score (nSPS) is 9.42. The molecule has 0 saturated carbocycles. The van der Waals surface area contributed by atoms with Gasteiger partial charge in [0.05, 0.1) is 11.6 Å². The molecule has 62 valence electrons. The van der Waals surface area contributed by atoms with E-state index < -0.39 is 0 Å². The van der Waals surface area contributed by atoms with Gasteiger partial charge in [-0.25, -0.2) is 0 Å². The molecule has 0 radical (unpaired) electrons. The van der Waals surface area contributed by atoms with E-state index in [9.17, 15) is 0 Å². The van der Waals surface area contributed by atoms with Crippen LogP contribution in [0.2, 0.25) is 0 Å². The smallest absolute Gasteiger partial charge is 0.0994 e. The molecule has 0 aliphatic carbocycles. The van der Waals surface area contributed by atoms with Crippen LogP contribution in [0.1, 0.15) is 16.7 Å². The molecule has 0 aliphatic heterocycles. The van der Waals surface area contributed by atoms with Gasteiger partial charge in [0.25, 0.3) is 0 Å². The fourth-order valence-corrected chi connectivity index (χ4v) is 1.46. The first-order valence-corrected chi connectivity index (χ1v) is 4.72. The van der Waals surface area contributed by atoms with E-state index in [1.165, 1.54) is 0 Å². The number of halogens is 1. The molecule has 0 spiro atoms. The Hall–Kier alpha value is -0.850. The van der Waals surface area contributed by atoms with Crippen LogP contribution in [-0.4, -0.2) is 0 Å². The van der Waals surface area contributed by atoms with Crippen molar-refractivity contribution in [3.05, 3.63) is 34.9 Å². The molecule has 0 heterocycles. The fourth-order valence-electron chi connectivity index (χ4n) is 0.971. The molecule has 1 rings (SSSR count). The van der Waals surface area contributed by atoms with Crippen LogP contribution in [0.4, 0.5) is 0 Å². The summed E-state index contributed by atoms with van der Waals surface area (Å²) in [6.45, 7) is 0.483. The molecule has 0 amide bonds. The maximum Gasteiger partial charge on any atom is 0.0994 e. The number of nitrogens with two attached hydrogens (primary N) is 1. The van der Waals surface area contributed by atoms with Crippen LogP contribution in [0.3, 0.4) is 0 Å². The van der Waals surface area contributed by atoms with Gasteiger partial charge in [0, 0.05) is 11.9 Å². The van der Waals surface area contributed by atoms with Gasteiger partial charge in [-0.15, -0.1) is 0 Å². The molecule has 0 fully saturated rings. The Morgan fingerprint density at radius 2 is 2.25 bits per heavy atom. The van der Waals surface area contributed by atoms with Crippen LogP contribution in [0.15, 0.2) is 18.2 Å². The van der Waals surface area contributed by atoms with Crippen molar-refractivity contribution in [1.29, 1.82) is 5.26 Å². The second kappa shape index (κ2) is 4.24. The average Bonchev–Trinajstić information content (AvgIpc) is 2.16. The quantitative estimate of drug-likeness (QED) is 0.781. The standard InChI is InChI=1S/C9H9BrN2/c10-4-8-2-1-7(5-11)3-9(8)6-12/h1-3H,4-5,11H2. The Bertz CT molecular complexity index is 315. The maximum absolute atomic E-state index is 8.76. The highest BCUT2D eigenvalue weighted by Gasteiger charge is 2.00. The van der Waals surface area contributed by atoms with Crippen molar-refractivity contribution in [3.63, 3.8) is 0 Å². The Kier molecular flexibility index (Phi) is 3.27. The summed E-state index contributed by atoms with van der Waals surface area (Å²) in [6, 6.07) is 7.83. The molecule has 0 saturated heterocycles. The predicted molar refractivity (Wildman–Crippen MR) is 51.7 cm³/mol. The van der Waals surface area contributed by atoms with E-state index in [-0.39, 0.29) is 0 Å². The van der Waals surface area contributed by atoms with Crippen LogP contribution < -0.4 is 5.73 Å². The fraction of sp³-hybridized carbons (Fsp3) is 0.222. The lowest BCUT2D eigenvalue weighted by atomic mass is 10.1. The van der Waals surface area contributed by atoms with Crippen molar-refractivity contribution in [1.82, 2.24) is 0 Å². The van der Waals surface area contributed by atoms with Gasteiger partial charge < -0.3 is 5.73 Å². The minimum absolute atomic E-state index is 0.483. The van der Waals surface area contributed by atoms with Gasteiger partial charge in [-0.3, -0.25) is 0 Å². The molecule has 0 atom stereocenters. The zero-order valence-electron chi connectivity index (χ0n) is 6.55. The minimum atomic E-state index is 0.483. The minimum Gasteiger partial charge on any atom is -0.326 e. The molecule has 1 aromatic carbocycles. The lowest BCUT2D eigenvalue weighted by Gasteiger charge is -2.01. The highest BCUT2D eigenvalue weighted by Crippen LogP contribution is 2.13. The molecule has 1 aromatic rings. The van der Waals surface area contributed by atoms with Gasteiger partial charge >= 0.3 is 0 Å². The highest BCUT2D eigenvalue weighted by atomic mass is 79.9. The van der Waals surface area contributed by atoms with Gasteiger partial charge in [-0.1, -0.05) is 28.1 Å². The van der Waals surface area contributed by atoms with Crippen LogP contribution in [0.25, 0.3) is 0 Å². The van der Waals surface area contributed by atoms with E-state index >= 15 is 0 Å². The zero-order valence-corrected chi connectivity index (χ0v) is 8.13. The molecular weight excluding hydrogens is 216 g/mol. The SMILES string of the molecule is N#Cc1cc(CN)ccc1CBr. The summed E-state index contributed by atoms with van der Waals surface area (Å²) in [5, 5.41) is 9.47. The van der Waals surface area contributed by atoms with Crippen molar-refractivity contribution < 1.29 is 0 Å². The molecule has 0 unspecified atom stereocenters. The highest BCUT2D eigenvalue weighted by molar-refractivity contribution is 9.08. The summed E-state index contributed by atoms with van der Waals surface area (Å²) in [4.78, 5) is 0. The first-order valence-electron chi connectivity index (χ1n) is 3.59. The van der Waals surface area contributed by atoms with Crippen LogP contribution >= 0.6 is 15.9 Å². The Morgan fingerprint density at radius 3 is 2.75 bits per heavy atom. The Labute approximate surface area is 80.1 Å². The van der Waals surface area contributed by atoms with Gasteiger partial charge in [0.15, 0.2) is 0 Å². The molecule has 3 heteroatoms. The Balaban J connectivity index is 3.13. The number of rotatable bonds is 2. The van der Waals surface area contributed by atoms with E-state index in [0.717, 1.165) is 11.1 Å². The lowest BCUT2D eigenvalue weighted by molar-refractivity contribution is 1.07. The van der Waals surface area contributed by atoms with Gasteiger partial charge in [-0.05, 0) is 17.2 Å². The molecular formula is C9H9BrN2. The molecule has 0 aromatic heterocycles. The third-order valence-electron chi connectivity index (χ3n) is 1.67. The number of hydrogen-bond acceptors (Lipinski definition) is 2. The summed E-state index contributed by atoms with van der Waals surface area (Å²) >= 11 is 3.31. The first-order chi connectivity index (χ1) is 5.81. The topological polar surface area (TPSA) is 49.8 Å². The van der Waals surface area contributed by atoms with Crippen molar-refractivity contribution in [3.8, 4) is 6.07 Å². The number of hydrogen-bond donors (Lipinski definition) is 1. The summed E-state index contributed by atoms with van der Waals surface area (Å²) in [7, 11) is 0. The third kappa shape index (κ3) is 1.84. The average molecular weight is 225 g/mol. The number of benzene rings is 1. The zero-order chi connectivity index (χ0) is 8.97.